The van der Waals surface area contributed by atoms with Gasteiger partial charge in [0.1, 0.15) is 11.5 Å². The molecule has 1 saturated heterocycles. The Kier molecular flexibility index (Phi) is 5.35. The van der Waals surface area contributed by atoms with Crippen LogP contribution in [0.1, 0.15) is 43.1 Å². The molecule has 1 aliphatic rings. The summed E-state index contributed by atoms with van der Waals surface area (Å²) in [7, 11) is 0. The van der Waals surface area contributed by atoms with Crippen LogP contribution in [0.3, 0.4) is 0 Å². The van der Waals surface area contributed by atoms with Crippen molar-refractivity contribution < 1.29 is 9.90 Å². The molecular formula is C15H23N3O2. The van der Waals surface area contributed by atoms with Crippen molar-refractivity contribution >= 4 is 11.7 Å². The molecule has 1 aromatic heterocycles. The molecule has 110 valence electrons. The molecule has 1 unspecified atom stereocenters. The van der Waals surface area contributed by atoms with Crippen molar-refractivity contribution in [3.8, 4) is 0 Å². The molecule has 2 rings (SSSR count). The minimum absolute atomic E-state index is 0.0264. The second-order valence-electron chi connectivity index (χ2n) is 5.12. The lowest BCUT2D eigenvalue weighted by Gasteiger charge is -2.28. The molecule has 2 heterocycles. The molecule has 1 atom stereocenters. The zero-order valence-corrected chi connectivity index (χ0v) is 12.0. The molecule has 0 saturated carbocycles. The minimum Gasteiger partial charge on any atom is -0.394 e. The summed E-state index contributed by atoms with van der Waals surface area (Å²) in [6.07, 6.45) is 4.05. The van der Waals surface area contributed by atoms with Gasteiger partial charge in [-0.1, -0.05) is 18.9 Å². The average Bonchev–Trinajstić information content (AvgIpc) is 2.72. The molecule has 0 aromatic carbocycles. The smallest absolute Gasteiger partial charge is 0.272 e. The second-order valence-corrected chi connectivity index (χ2v) is 5.12. The number of nitrogens with zero attached hydrogens (tertiary/aromatic N) is 2. The van der Waals surface area contributed by atoms with Crippen LogP contribution in [-0.4, -0.2) is 46.6 Å². The summed E-state index contributed by atoms with van der Waals surface area (Å²) in [6.45, 7) is 3.50. The maximum absolute atomic E-state index is 12.6. The van der Waals surface area contributed by atoms with E-state index in [9.17, 15) is 9.90 Å². The van der Waals surface area contributed by atoms with Crippen LogP contribution in [0, 0.1) is 0 Å². The first-order valence-corrected chi connectivity index (χ1v) is 7.39. The highest BCUT2D eigenvalue weighted by Crippen LogP contribution is 2.19. The zero-order chi connectivity index (χ0) is 14.4. The number of hydrogen-bond acceptors (Lipinski definition) is 4. The van der Waals surface area contributed by atoms with Crippen LogP contribution in [0.25, 0.3) is 0 Å². The Morgan fingerprint density at radius 2 is 2.30 bits per heavy atom. The van der Waals surface area contributed by atoms with E-state index in [0.717, 1.165) is 32.2 Å². The van der Waals surface area contributed by atoms with Crippen LogP contribution >= 0.6 is 0 Å². The van der Waals surface area contributed by atoms with Crippen molar-refractivity contribution in [1.29, 1.82) is 0 Å². The van der Waals surface area contributed by atoms with Gasteiger partial charge in [0.2, 0.25) is 0 Å². The third-order valence-electron chi connectivity index (χ3n) is 3.67. The molecule has 0 bridgehead atoms. The molecule has 5 nitrogen and oxygen atoms in total. The summed E-state index contributed by atoms with van der Waals surface area (Å²) >= 11 is 0. The van der Waals surface area contributed by atoms with Crippen LogP contribution in [0.4, 0.5) is 5.82 Å². The Labute approximate surface area is 120 Å². The fraction of sp³-hybridized carbons (Fsp3) is 0.600. The van der Waals surface area contributed by atoms with E-state index >= 15 is 0 Å². The van der Waals surface area contributed by atoms with Crippen LogP contribution in [0.15, 0.2) is 18.2 Å². The molecule has 0 aliphatic carbocycles. The van der Waals surface area contributed by atoms with Crippen LogP contribution < -0.4 is 5.32 Å². The lowest BCUT2D eigenvalue weighted by atomic mass is 10.1. The van der Waals surface area contributed by atoms with Crippen molar-refractivity contribution in [2.75, 3.05) is 25.0 Å². The lowest BCUT2D eigenvalue weighted by molar-refractivity contribution is 0.0594. The quantitative estimate of drug-likeness (QED) is 0.882. The van der Waals surface area contributed by atoms with Crippen molar-refractivity contribution in [1.82, 2.24) is 9.88 Å². The zero-order valence-electron chi connectivity index (χ0n) is 12.0. The number of carbonyl (C=O) groups excluding carboxylic acids is 1. The van der Waals surface area contributed by atoms with Gasteiger partial charge >= 0.3 is 0 Å². The topological polar surface area (TPSA) is 65.5 Å². The lowest BCUT2D eigenvalue weighted by Crippen LogP contribution is -2.42. The number of likely N-dealkylation sites (tertiary alicyclic amines) is 1. The van der Waals surface area contributed by atoms with Crippen LogP contribution in [-0.2, 0) is 0 Å². The van der Waals surface area contributed by atoms with E-state index in [0.29, 0.717) is 18.1 Å². The van der Waals surface area contributed by atoms with E-state index in [-0.39, 0.29) is 18.6 Å². The highest BCUT2D eigenvalue weighted by atomic mass is 16.3. The summed E-state index contributed by atoms with van der Waals surface area (Å²) in [5, 5.41) is 12.6. The van der Waals surface area contributed by atoms with Gasteiger partial charge < -0.3 is 15.3 Å². The Hall–Kier alpha value is -1.62. The first-order chi connectivity index (χ1) is 9.76. The molecule has 1 aliphatic heterocycles. The highest BCUT2D eigenvalue weighted by Gasteiger charge is 2.26. The summed E-state index contributed by atoms with van der Waals surface area (Å²) in [5.74, 6) is 0.638. The Morgan fingerprint density at radius 3 is 3.05 bits per heavy atom. The normalized spacial score (nSPS) is 19.5. The average molecular weight is 277 g/mol. The van der Waals surface area contributed by atoms with Crippen molar-refractivity contribution in [2.24, 2.45) is 0 Å². The van der Waals surface area contributed by atoms with Crippen molar-refractivity contribution in [3.63, 3.8) is 0 Å². The number of aliphatic hydroxyl groups is 1. The molecule has 5 heteroatoms. The molecule has 1 fully saturated rings. The summed E-state index contributed by atoms with van der Waals surface area (Å²) in [5.41, 5.74) is 0.448. The summed E-state index contributed by atoms with van der Waals surface area (Å²) in [6, 6.07) is 5.35. The van der Waals surface area contributed by atoms with E-state index in [4.69, 9.17) is 0 Å². The van der Waals surface area contributed by atoms with Gasteiger partial charge in [-0.3, -0.25) is 4.79 Å². The molecular weight excluding hydrogens is 254 g/mol. The highest BCUT2D eigenvalue weighted by molar-refractivity contribution is 5.93. The number of rotatable bonds is 4. The number of aromatic nitrogens is 1. The minimum atomic E-state index is -0.0781. The van der Waals surface area contributed by atoms with Crippen LogP contribution in [0.2, 0.25) is 0 Å². The summed E-state index contributed by atoms with van der Waals surface area (Å²) in [4.78, 5) is 18.7. The molecule has 0 radical (unpaired) electrons. The fourth-order valence-electron chi connectivity index (χ4n) is 2.62. The number of amides is 1. The van der Waals surface area contributed by atoms with Gasteiger partial charge in [-0.2, -0.15) is 0 Å². The predicted molar refractivity (Wildman–Crippen MR) is 78.8 cm³/mol. The summed E-state index contributed by atoms with van der Waals surface area (Å²) < 4.78 is 0. The van der Waals surface area contributed by atoms with Crippen molar-refractivity contribution in [3.05, 3.63) is 23.9 Å². The SMILES string of the molecule is CCNc1cccc(C(=O)N2CCCCCC2CO)n1. The van der Waals surface area contributed by atoms with Gasteiger partial charge in [-0.25, -0.2) is 4.98 Å². The van der Waals surface area contributed by atoms with Gasteiger partial charge in [0.05, 0.1) is 12.6 Å². The Balaban J connectivity index is 2.17. The van der Waals surface area contributed by atoms with Gasteiger partial charge in [0.25, 0.3) is 5.91 Å². The number of aliphatic hydroxyl groups excluding tert-OH is 1. The van der Waals surface area contributed by atoms with E-state index < -0.39 is 0 Å². The molecule has 20 heavy (non-hydrogen) atoms. The molecule has 2 N–H and O–H groups in total. The largest absolute Gasteiger partial charge is 0.394 e. The predicted octanol–water partition coefficient (Wildman–Crippen LogP) is 1.89. The van der Waals surface area contributed by atoms with Gasteiger partial charge in [0.15, 0.2) is 0 Å². The number of carbonyl (C=O) groups is 1. The molecule has 1 aromatic rings. The number of hydrogen-bond donors (Lipinski definition) is 2. The fourth-order valence-corrected chi connectivity index (χ4v) is 2.62. The maximum atomic E-state index is 12.6. The van der Waals surface area contributed by atoms with Gasteiger partial charge in [0, 0.05) is 13.1 Å². The monoisotopic (exact) mass is 277 g/mol. The molecule has 1 amide bonds. The maximum Gasteiger partial charge on any atom is 0.272 e. The standard InChI is InChI=1S/C15H23N3O2/c1-2-16-14-9-6-8-13(17-14)15(20)18-10-5-3-4-7-12(18)11-19/h6,8-9,12,19H,2-5,7,10-11H2,1H3,(H,16,17). The number of nitrogens with one attached hydrogen (secondary N) is 1. The Morgan fingerprint density at radius 1 is 1.45 bits per heavy atom. The third kappa shape index (κ3) is 3.48. The van der Waals surface area contributed by atoms with E-state index in [1.54, 1.807) is 11.0 Å². The van der Waals surface area contributed by atoms with Crippen LogP contribution in [0.5, 0.6) is 0 Å². The number of pyridine rings is 1. The third-order valence-corrected chi connectivity index (χ3v) is 3.67. The second kappa shape index (κ2) is 7.24. The van der Waals surface area contributed by atoms with E-state index in [1.807, 2.05) is 19.1 Å². The first kappa shape index (κ1) is 14.8. The number of anilines is 1. The van der Waals surface area contributed by atoms with Gasteiger partial charge in [-0.05, 0) is 31.9 Å². The Bertz CT molecular complexity index is 450. The van der Waals surface area contributed by atoms with Gasteiger partial charge in [-0.15, -0.1) is 0 Å². The molecule has 0 spiro atoms. The first-order valence-electron chi connectivity index (χ1n) is 7.39. The van der Waals surface area contributed by atoms with E-state index in [1.165, 1.54) is 0 Å². The van der Waals surface area contributed by atoms with Crippen molar-refractivity contribution in [2.45, 2.75) is 38.6 Å². The van der Waals surface area contributed by atoms with E-state index in [2.05, 4.69) is 10.3 Å².